The summed E-state index contributed by atoms with van der Waals surface area (Å²) in [4.78, 5) is 11.0. The lowest BCUT2D eigenvalue weighted by Gasteiger charge is -2.07. The SMILES string of the molecule is CCOC(=O)N/N=C\c1ccc(OCCC(C)C)cc1. The fourth-order valence-electron chi connectivity index (χ4n) is 1.39. The quantitative estimate of drug-likeness (QED) is 0.615. The van der Waals surface area contributed by atoms with Crippen molar-refractivity contribution in [1.29, 1.82) is 0 Å². The first-order valence-electron chi connectivity index (χ1n) is 6.80. The molecule has 0 spiro atoms. The van der Waals surface area contributed by atoms with Gasteiger partial charge in [0.25, 0.3) is 0 Å². The highest BCUT2D eigenvalue weighted by molar-refractivity contribution is 5.80. The van der Waals surface area contributed by atoms with E-state index in [4.69, 9.17) is 4.74 Å². The number of benzene rings is 1. The van der Waals surface area contributed by atoms with Crippen LogP contribution in [0.15, 0.2) is 29.4 Å². The summed E-state index contributed by atoms with van der Waals surface area (Å²) in [5, 5.41) is 3.78. The van der Waals surface area contributed by atoms with Gasteiger partial charge in [0, 0.05) is 0 Å². The largest absolute Gasteiger partial charge is 0.494 e. The van der Waals surface area contributed by atoms with Crippen LogP contribution < -0.4 is 10.2 Å². The average molecular weight is 278 g/mol. The predicted molar refractivity (Wildman–Crippen MR) is 79.1 cm³/mol. The highest BCUT2D eigenvalue weighted by Crippen LogP contribution is 2.12. The molecular formula is C15H22N2O3. The van der Waals surface area contributed by atoms with Crippen molar-refractivity contribution in [3.63, 3.8) is 0 Å². The molecule has 0 atom stereocenters. The first-order valence-corrected chi connectivity index (χ1v) is 6.80. The van der Waals surface area contributed by atoms with E-state index in [2.05, 4.69) is 29.1 Å². The van der Waals surface area contributed by atoms with Crippen LogP contribution in [0.4, 0.5) is 4.79 Å². The van der Waals surface area contributed by atoms with Crippen LogP contribution in [0, 0.1) is 5.92 Å². The molecule has 0 aliphatic rings. The molecule has 20 heavy (non-hydrogen) atoms. The minimum absolute atomic E-state index is 0.323. The van der Waals surface area contributed by atoms with E-state index < -0.39 is 6.09 Å². The van der Waals surface area contributed by atoms with E-state index in [1.807, 2.05) is 24.3 Å². The summed E-state index contributed by atoms with van der Waals surface area (Å²) in [5.41, 5.74) is 3.14. The fourth-order valence-corrected chi connectivity index (χ4v) is 1.39. The molecule has 1 N–H and O–H groups in total. The molecule has 0 aliphatic heterocycles. The van der Waals surface area contributed by atoms with Crippen molar-refractivity contribution in [2.75, 3.05) is 13.2 Å². The summed E-state index contributed by atoms with van der Waals surface area (Å²) in [6.07, 6.45) is 2.03. The number of nitrogens with zero attached hydrogens (tertiary/aromatic N) is 1. The number of hydrogen-bond donors (Lipinski definition) is 1. The number of hydrazone groups is 1. The molecule has 0 bridgehead atoms. The van der Waals surface area contributed by atoms with Gasteiger partial charge in [-0.15, -0.1) is 0 Å². The smallest absolute Gasteiger partial charge is 0.427 e. The van der Waals surface area contributed by atoms with Gasteiger partial charge in [-0.2, -0.15) is 5.10 Å². The second-order valence-corrected chi connectivity index (χ2v) is 4.69. The van der Waals surface area contributed by atoms with E-state index in [1.165, 1.54) is 0 Å². The minimum atomic E-state index is -0.558. The maximum absolute atomic E-state index is 11.0. The highest BCUT2D eigenvalue weighted by atomic mass is 16.5. The third-order valence-electron chi connectivity index (χ3n) is 2.49. The van der Waals surface area contributed by atoms with Gasteiger partial charge in [0.05, 0.1) is 19.4 Å². The molecule has 0 saturated carbocycles. The van der Waals surface area contributed by atoms with Crippen molar-refractivity contribution in [2.45, 2.75) is 27.2 Å². The van der Waals surface area contributed by atoms with Crippen molar-refractivity contribution in [2.24, 2.45) is 11.0 Å². The zero-order valence-electron chi connectivity index (χ0n) is 12.3. The van der Waals surface area contributed by atoms with E-state index >= 15 is 0 Å². The molecular weight excluding hydrogens is 256 g/mol. The minimum Gasteiger partial charge on any atom is -0.494 e. The van der Waals surface area contributed by atoms with Gasteiger partial charge in [-0.3, -0.25) is 0 Å². The van der Waals surface area contributed by atoms with Crippen LogP contribution >= 0.6 is 0 Å². The molecule has 0 aromatic heterocycles. The van der Waals surface area contributed by atoms with Gasteiger partial charge in [-0.1, -0.05) is 13.8 Å². The molecule has 5 nitrogen and oxygen atoms in total. The summed E-state index contributed by atoms with van der Waals surface area (Å²) in [5.74, 6) is 1.47. The highest BCUT2D eigenvalue weighted by Gasteiger charge is 1.98. The molecule has 0 unspecified atom stereocenters. The number of hydrogen-bond acceptors (Lipinski definition) is 4. The topological polar surface area (TPSA) is 59.9 Å². The van der Waals surface area contributed by atoms with Crippen LogP contribution in [0.25, 0.3) is 0 Å². The third-order valence-corrected chi connectivity index (χ3v) is 2.49. The Kier molecular flexibility index (Phi) is 7.17. The lowest BCUT2D eigenvalue weighted by molar-refractivity contribution is 0.152. The Morgan fingerprint density at radius 1 is 1.35 bits per heavy atom. The van der Waals surface area contributed by atoms with Crippen molar-refractivity contribution < 1.29 is 14.3 Å². The molecule has 0 saturated heterocycles. The summed E-state index contributed by atoms with van der Waals surface area (Å²) in [6.45, 7) is 7.11. The maximum atomic E-state index is 11.0. The number of rotatable bonds is 7. The number of carbonyl (C=O) groups excluding carboxylic acids is 1. The van der Waals surface area contributed by atoms with Gasteiger partial charge < -0.3 is 9.47 Å². The standard InChI is InChI=1S/C15H22N2O3/c1-4-19-15(18)17-16-11-13-5-7-14(8-6-13)20-10-9-12(2)3/h5-8,11-12H,4,9-10H2,1-3H3,(H,17,18)/b16-11-. The van der Waals surface area contributed by atoms with Crippen molar-refractivity contribution >= 4 is 12.3 Å². The molecule has 0 heterocycles. The van der Waals surface area contributed by atoms with Crippen LogP contribution in [-0.4, -0.2) is 25.5 Å². The van der Waals surface area contributed by atoms with E-state index in [9.17, 15) is 4.79 Å². The summed E-state index contributed by atoms with van der Waals surface area (Å²) < 4.78 is 10.3. The number of amides is 1. The normalized spacial score (nSPS) is 10.8. The second kappa shape index (κ2) is 8.96. The zero-order valence-corrected chi connectivity index (χ0v) is 12.3. The van der Waals surface area contributed by atoms with Crippen LogP contribution in [0.1, 0.15) is 32.8 Å². The summed E-state index contributed by atoms with van der Waals surface area (Å²) in [6, 6.07) is 7.51. The summed E-state index contributed by atoms with van der Waals surface area (Å²) >= 11 is 0. The lowest BCUT2D eigenvalue weighted by atomic mass is 10.1. The van der Waals surface area contributed by atoms with Gasteiger partial charge in [0.2, 0.25) is 0 Å². The molecule has 1 rings (SSSR count). The Balaban J connectivity index is 2.38. The molecule has 1 amide bonds. The van der Waals surface area contributed by atoms with Gasteiger partial charge in [0.15, 0.2) is 0 Å². The molecule has 0 radical (unpaired) electrons. The van der Waals surface area contributed by atoms with Crippen molar-refractivity contribution in [3.05, 3.63) is 29.8 Å². The Labute approximate surface area is 120 Å². The van der Waals surface area contributed by atoms with Gasteiger partial charge in [-0.05, 0) is 49.1 Å². The summed E-state index contributed by atoms with van der Waals surface area (Å²) in [7, 11) is 0. The van der Waals surface area contributed by atoms with E-state index in [1.54, 1.807) is 13.1 Å². The number of carbonyl (C=O) groups is 1. The molecule has 0 fully saturated rings. The Hall–Kier alpha value is -2.04. The molecule has 1 aromatic rings. The maximum Gasteiger partial charge on any atom is 0.427 e. The Morgan fingerprint density at radius 2 is 2.05 bits per heavy atom. The molecule has 110 valence electrons. The molecule has 1 aromatic carbocycles. The van der Waals surface area contributed by atoms with Gasteiger partial charge in [0.1, 0.15) is 5.75 Å². The van der Waals surface area contributed by atoms with Gasteiger partial charge in [-0.25, -0.2) is 10.2 Å². The fraction of sp³-hybridized carbons (Fsp3) is 0.467. The first kappa shape index (κ1) is 16.0. The van der Waals surface area contributed by atoms with E-state index in [0.29, 0.717) is 12.5 Å². The van der Waals surface area contributed by atoms with Crippen LogP contribution in [0.3, 0.4) is 0 Å². The van der Waals surface area contributed by atoms with Crippen LogP contribution in [-0.2, 0) is 4.74 Å². The van der Waals surface area contributed by atoms with Crippen LogP contribution in [0.2, 0.25) is 0 Å². The second-order valence-electron chi connectivity index (χ2n) is 4.69. The Bertz CT molecular complexity index is 427. The average Bonchev–Trinajstić information content (AvgIpc) is 2.40. The van der Waals surface area contributed by atoms with Gasteiger partial charge >= 0.3 is 6.09 Å². The lowest BCUT2D eigenvalue weighted by Crippen LogP contribution is -2.18. The molecule has 5 heteroatoms. The first-order chi connectivity index (χ1) is 9.61. The predicted octanol–water partition coefficient (Wildman–Crippen LogP) is 3.19. The third kappa shape index (κ3) is 6.78. The van der Waals surface area contributed by atoms with Crippen LogP contribution in [0.5, 0.6) is 5.75 Å². The Morgan fingerprint density at radius 3 is 2.65 bits per heavy atom. The number of ether oxygens (including phenoxy) is 2. The number of nitrogens with one attached hydrogen (secondary N) is 1. The molecule has 0 aliphatic carbocycles. The van der Waals surface area contributed by atoms with Crippen molar-refractivity contribution in [1.82, 2.24) is 5.43 Å². The monoisotopic (exact) mass is 278 g/mol. The van der Waals surface area contributed by atoms with E-state index in [0.717, 1.165) is 24.3 Å². The van der Waals surface area contributed by atoms with E-state index in [-0.39, 0.29) is 0 Å². The zero-order chi connectivity index (χ0) is 14.8. The van der Waals surface area contributed by atoms with Crippen molar-refractivity contribution in [3.8, 4) is 5.75 Å².